The molecule has 0 unspecified atom stereocenters. The second-order valence-electron chi connectivity index (χ2n) is 8.55. The fourth-order valence-corrected chi connectivity index (χ4v) is 3.99. The Kier molecular flexibility index (Phi) is 11.1. The molecule has 0 saturated carbocycles. The van der Waals surface area contributed by atoms with E-state index in [0.717, 1.165) is 17.7 Å². The van der Waals surface area contributed by atoms with Crippen molar-refractivity contribution in [1.82, 2.24) is 0 Å². The number of carboxylic acids is 1. The average Bonchev–Trinajstić information content (AvgIpc) is 2.94. The molecule has 0 aliphatic carbocycles. The number of phenolic OH excluding ortho intramolecular Hbond substituents is 1. The van der Waals surface area contributed by atoms with Gasteiger partial charge in [0, 0.05) is 21.8 Å². The highest BCUT2D eigenvalue weighted by molar-refractivity contribution is 6.35. The van der Waals surface area contributed by atoms with E-state index >= 15 is 0 Å². The van der Waals surface area contributed by atoms with Crippen LogP contribution in [0.25, 0.3) is 0 Å². The number of para-hydroxylation sites is 1. The maximum atomic E-state index is 11.9. The van der Waals surface area contributed by atoms with Crippen LogP contribution in [0.5, 0.6) is 5.75 Å². The summed E-state index contributed by atoms with van der Waals surface area (Å²) in [7, 11) is 0. The van der Waals surface area contributed by atoms with Gasteiger partial charge in [-0.3, -0.25) is 10.1 Å². The van der Waals surface area contributed by atoms with Crippen molar-refractivity contribution in [2.24, 2.45) is 0 Å². The molecule has 6 N–H and O–H groups in total. The first-order valence-electron chi connectivity index (χ1n) is 12.0. The number of nitrogens with one attached hydrogen (secondary N) is 4. The van der Waals surface area contributed by atoms with Crippen LogP contribution in [0.1, 0.15) is 15.9 Å². The van der Waals surface area contributed by atoms with Gasteiger partial charge in [-0.2, -0.15) is 0 Å². The van der Waals surface area contributed by atoms with E-state index in [1.807, 2.05) is 6.92 Å². The summed E-state index contributed by atoms with van der Waals surface area (Å²) >= 11 is 17.5. The third-order valence-corrected chi connectivity index (χ3v) is 6.26. The molecule has 0 aliphatic rings. The van der Waals surface area contributed by atoms with E-state index < -0.39 is 28.7 Å². The number of amides is 4. The first-order valence-corrected chi connectivity index (χ1v) is 13.1. The Labute approximate surface area is 259 Å². The van der Waals surface area contributed by atoms with Crippen molar-refractivity contribution in [2.75, 3.05) is 21.3 Å². The molecule has 0 bridgehead atoms. The number of carbonyl (C=O) groups is 3. The third-order valence-electron chi connectivity index (χ3n) is 5.46. The van der Waals surface area contributed by atoms with Crippen LogP contribution in [0.3, 0.4) is 0 Å². The van der Waals surface area contributed by atoms with Gasteiger partial charge >= 0.3 is 18.0 Å². The van der Waals surface area contributed by atoms with Gasteiger partial charge in [0.1, 0.15) is 5.75 Å². The summed E-state index contributed by atoms with van der Waals surface area (Å²) in [6, 6.07) is 17.9. The van der Waals surface area contributed by atoms with E-state index in [1.165, 1.54) is 30.3 Å². The van der Waals surface area contributed by atoms with E-state index in [9.17, 15) is 29.6 Å². The minimum atomic E-state index is -1.10. The monoisotopic (exact) mass is 645 g/mol. The molecule has 0 atom stereocenters. The number of carbonyl (C=O) groups excluding carboxylic acids is 2. The number of anilines is 4. The number of halogens is 3. The number of benzene rings is 4. The molecule has 0 spiro atoms. The van der Waals surface area contributed by atoms with Gasteiger partial charge in [-0.15, -0.1) is 0 Å². The molecule has 4 aromatic carbocycles. The molecular weight excluding hydrogens is 625 g/mol. The number of non-ortho nitro benzene ring substituents is 1. The van der Waals surface area contributed by atoms with E-state index in [0.29, 0.717) is 15.7 Å². The van der Waals surface area contributed by atoms with E-state index in [4.69, 9.17) is 39.9 Å². The van der Waals surface area contributed by atoms with Crippen LogP contribution in [-0.4, -0.2) is 33.2 Å². The largest absolute Gasteiger partial charge is 0.506 e. The summed E-state index contributed by atoms with van der Waals surface area (Å²) in [6.45, 7) is 1.81. The van der Waals surface area contributed by atoms with Crippen molar-refractivity contribution in [3.63, 3.8) is 0 Å². The van der Waals surface area contributed by atoms with Gasteiger partial charge in [0.25, 0.3) is 5.69 Å². The van der Waals surface area contributed by atoms with Crippen molar-refractivity contribution in [2.45, 2.75) is 6.92 Å². The maximum absolute atomic E-state index is 11.9. The second-order valence-corrected chi connectivity index (χ2v) is 9.83. The normalized spacial score (nSPS) is 10.0. The van der Waals surface area contributed by atoms with E-state index in [1.54, 1.807) is 36.4 Å². The van der Waals surface area contributed by atoms with Gasteiger partial charge in [-0.25, -0.2) is 14.4 Å². The molecule has 0 heterocycles. The topological polar surface area (TPSA) is 183 Å². The minimum absolute atomic E-state index is 0.0150. The molecule has 4 rings (SSSR count). The van der Waals surface area contributed by atoms with Crippen molar-refractivity contribution in [3.8, 4) is 5.75 Å². The Morgan fingerprint density at radius 3 is 1.91 bits per heavy atom. The number of phenols is 1. The Hall–Kier alpha value is -5.04. The summed E-state index contributed by atoms with van der Waals surface area (Å²) in [5.41, 5.74) is 1.68. The lowest BCUT2D eigenvalue weighted by Crippen LogP contribution is -2.21. The molecule has 12 nitrogen and oxygen atoms in total. The summed E-state index contributed by atoms with van der Waals surface area (Å²) < 4.78 is 0. The van der Waals surface area contributed by atoms with Gasteiger partial charge in [0.2, 0.25) is 0 Å². The summed E-state index contributed by atoms with van der Waals surface area (Å²) in [5, 5.41) is 40.5. The molecule has 15 heteroatoms. The zero-order chi connectivity index (χ0) is 31.7. The molecule has 43 heavy (non-hydrogen) atoms. The molecule has 4 amide bonds. The van der Waals surface area contributed by atoms with E-state index in [2.05, 4.69) is 21.3 Å². The molecule has 222 valence electrons. The average molecular weight is 647 g/mol. The molecule has 0 aromatic heterocycles. The first kappa shape index (κ1) is 32.5. The number of aryl methyl sites for hydroxylation is 1. The zero-order valence-corrected chi connectivity index (χ0v) is 24.3. The number of urea groups is 2. The van der Waals surface area contributed by atoms with Gasteiger partial charge in [-0.05, 0) is 67.1 Å². The number of aromatic hydroxyl groups is 1. The van der Waals surface area contributed by atoms with Gasteiger partial charge in [0.15, 0.2) is 0 Å². The first-order chi connectivity index (χ1) is 20.3. The number of hydrogen-bond donors (Lipinski definition) is 6. The third kappa shape index (κ3) is 9.50. The van der Waals surface area contributed by atoms with Crippen LogP contribution in [0.15, 0.2) is 78.9 Å². The lowest BCUT2D eigenvalue weighted by atomic mass is 10.2. The molecular formula is C28H22Cl3N5O7. The molecule has 4 aromatic rings. The molecule has 0 fully saturated rings. The Morgan fingerprint density at radius 1 is 0.721 bits per heavy atom. The minimum Gasteiger partial charge on any atom is -0.506 e. The number of carboxylic acid groups (broad SMARTS) is 1. The summed E-state index contributed by atoms with van der Waals surface area (Å²) in [4.78, 5) is 44.8. The van der Waals surface area contributed by atoms with Crippen molar-refractivity contribution in [1.29, 1.82) is 0 Å². The maximum Gasteiger partial charge on any atom is 0.337 e. The molecule has 0 saturated heterocycles. The van der Waals surface area contributed by atoms with Crippen LogP contribution >= 0.6 is 34.8 Å². The van der Waals surface area contributed by atoms with Crippen LogP contribution in [-0.2, 0) is 0 Å². The van der Waals surface area contributed by atoms with Crippen LogP contribution in [0.4, 0.5) is 38.0 Å². The van der Waals surface area contributed by atoms with Crippen molar-refractivity contribution < 1.29 is 29.5 Å². The molecule has 0 radical (unpaired) electrons. The number of aromatic carboxylic acids is 1. The van der Waals surface area contributed by atoms with Crippen LogP contribution in [0, 0.1) is 17.0 Å². The Morgan fingerprint density at radius 2 is 1.28 bits per heavy atom. The lowest BCUT2D eigenvalue weighted by Gasteiger charge is -2.11. The predicted molar refractivity (Wildman–Crippen MR) is 166 cm³/mol. The fourth-order valence-electron chi connectivity index (χ4n) is 3.43. The highest BCUT2D eigenvalue weighted by atomic mass is 35.5. The van der Waals surface area contributed by atoms with Crippen molar-refractivity contribution in [3.05, 3.63) is 115 Å². The van der Waals surface area contributed by atoms with Gasteiger partial charge in [0.05, 0.1) is 38.6 Å². The van der Waals surface area contributed by atoms with Gasteiger partial charge < -0.3 is 31.5 Å². The smallest absolute Gasteiger partial charge is 0.337 e. The molecule has 0 aliphatic heterocycles. The number of nitrogens with zero attached hydrogens (tertiary/aromatic N) is 1. The van der Waals surface area contributed by atoms with Crippen LogP contribution in [0.2, 0.25) is 15.1 Å². The Balaban J connectivity index is 0.000000236. The standard InChI is InChI=1S/C15H13ClN2O3.C13H9Cl2N3O4/c1-9-8-10(16)6-7-12(9)17-15(21)18-13-5-3-2-4-11(13)14(19)20;14-7-1-3-9(15)11(5-7)17-13(20)16-10-4-2-8(18(21)22)6-12(10)19/h2-8H,1H3,(H,19,20)(H2,17,18,21);1-6,19H,(H2,16,17,20). The SMILES string of the molecule is Cc1cc(Cl)ccc1NC(=O)Nc1ccccc1C(=O)O.O=C(Nc1ccc([N+](=O)[O-])cc1O)Nc1cc(Cl)ccc1Cl. The zero-order valence-electron chi connectivity index (χ0n) is 22.0. The summed E-state index contributed by atoms with van der Waals surface area (Å²) in [6.07, 6.45) is 0. The number of nitro benzene ring substituents is 1. The fraction of sp³-hybridized carbons (Fsp3) is 0.0357. The number of hydrogen-bond acceptors (Lipinski definition) is 6. The highest BCUT2D eigenvalue weighted by Gasteiger charge is 2.14. The van der Waals surface area contributed by atoms with Crippen molar-refractivity contribution >= 4 is 81.3 Å². The van der Waals surface area contributed by atoms with Gasteiger partial charge in [-0.1, -0.05) is 46.9 Å². The number of rotatable bonds is 6. The summed E-state index contributed by atoms with van der Waals surface area (Å²) in [5.74, 6) is -1.53. The quantitative estimate of drug-likeness (QED) is 0.0692. The highest BCUT2D eigenvalue weighted by Crippen LogP contribution is 2.29. The number of nitro groups is 1. The predicted octanol–water partition coefficient (Wildman–Crippen LogP) is 8.24. The van der Waals surface area contributed by atoms with Crippen LogP contribution < -0.4 is 21.3 Å². The Bertz CT molecular complexity index is 1700. The second kappa shape index (κ2) is 14.7. The van der Waals surface area contributed by atoms with E-state index in [-0.39, 0.29) is 33.3 Å². The lowest BCUT2D eigenvalue weighted by molar-refractivity contribution is -0.384.